The fraction of sp³-hybridized carbons (Fsp3) is 0.214. The summed E-state index contributed by atoms with van der Waals surface area (Å²) >= 11 is 0. The van der Waals surface area contributed by atoms with Crippen LogP contribution in [0, 0.1) is 6.92 Å². The van der Waals surface area contributed by atoms with Crippen molar-refractivity contribution in [3.8, 4) is 0 Å². The number of hydrogen-bond donors (Lipinski definition) is 1. The molecule has 0 aliphatic rings. The predicted molar refractivity (Wildman–Crippen MR) is 66.1 cm³/mol. The molecule has 2 rings (SSSR count). The van der Waals surface area contributed by atoms with Crippen molar-refractivity contribution < 1.29 is 9.53 Å². The van der Waals surface area contributed by atoms with E-state index in [9.17, 15) is 4.79 Å². The molecule has 1 aromatic carbocycles. The van der Waals surface area contributed by atoms with E-state index < -0.39 is 0 Å². The molecule has 3 heteroatoms. The molecule has 0 aliphatic carbocycles. The van der Waals surface area contributed by atoms with Crippen LogP contribution in [-0.2, 0) is 11.2 Å². The lowest BCUT2D eigenvalue weighted by atomic mass is 10.1. The molecule has 2 aromatic rings. The number of H-pyrrole nitrogens is 1. The normalized spacial score (nSPS) is 10.2. The van der Waals surface area contributed by atoms with Gasteiger partial charge in [0.1, 0.15) is 0 Å². The summed E-state index contributed by atoms with van der Waals surface area (Å²) in [5.74, 6) is -0.293. The van der Waals surface area contributed by atoms with Crippen LogP contribution in [0.5, 0.6) is 0 Å². The Bertz CT molecular complexity index is 514. The van der Waals surface area contributed by atoms with Gasteiger partial charge in [0.25, 0.3) is 0 Å². The van der Waals surface area contributed by atoms with Crippen molar-refractivity contribution in [2.45, 2.75) is 13.3 Å². The maximum atomic E-state index is 11.5. The second-order valence-corrected chi connectivity index (χ2v) is 3.96. The summed E-state index contributed by atoms with van der Waals surface area (Å²) in [5.41, 5.74) is 3.84. The standard InChI is InChI=1S/C14H15NO2/c1-10-12(14(16)17-2)9-15-13(10)8-11-6-4-3-5-7-11/h3-7,9,15H,8H2,1-2H3. The monoisotopic (exact) mass is 229 g/mol. The minimum atomic E-state index is -0.293. The van der Waals surface area contributed by atoms with Crippen molar-refractivity contribution in [3.05, 3.63) is 58.9 Å². The van der Waals surface area contributed by atoms with E-state index in [2.05, 4.69) is 17.1 Å². The van der Waals surface area contributed by atoms with Gasteiger partial charge in [0.05, 0.1) is 12.7 Å². The number of nitrogens with one attached hydrogen (secondary N) is 1. The molecule has 1 N–H and O–H groups in total. The Balaban J connectivity index is 2.24. The number of aromatic amines is 1. The largest absolute Gasteiger partial charge is 0.465 e. The van der Waals surface area contributed by atoms with E-state index >= 15 is 0 Å². The molecular weight excluding hydrogens is 214 g/mol. The Kier molecular flexibility index (Phi) is 3.28. The molecule has 0 unspecified atom stereocenters. The molecule has 1 aromatic heterocycles. The smallest absolute Gasteiger partial charge is 0.339 e. The van der Waals surface area contributed by atoms with Gasteiger partial charge in [-0.05, 0) is 18.1 Å². The summed E-state index contributed by atoms with van der Waals surface area (Å²) in [6.07, 6.45) is 2.50. The maximum absolute atomic E-state index is 11.5. The Hall–Kier alpha value is -2.03. The topological polar surface area (TPSA) is 42.1 Å². The molecule has 0 radical (unpaired) electrons. The van der Waals surface area contributed by atoms with Gasteiger partial charge in [-0.2, -0.15) is 0 Å². The van der Waals surface area contributed by atoms with Gasteiger partial charge >= 0.3 is 5.97 Å². The third-order valence-corrected chi connectivity index (χ3v) is 2.88. The van der Waals surface area contributed by atoms with Crippen LogP contribution < -0.4 is 0 Å². The van der Waals surface area contributed by atoms with Gasteiger partial charge in [0.2, 0.25) is 0 Å². The quantitative estimate of drug-likeness (QED) is 0.822. The number of carbonyl (C=O) groups excluding carboxylic acids is 1. The van der Waals surface area contributed by atoms with Crippen LogP contribution in [0.2, 0.25) is 0 Å². The van der Waals surface area contributed by atoms with Gasteiger partial charge in [0.15, 0.2) is 0 Å². The molecule has 3 nitrogen and oxygen atoms in total. The number of aromatic nitrogens is 1. The van der Waals surface area contributed by atoms with Crippen LogP contribution in [0.4, 0.5) is 0 Å². The highest BCUT2D eigenvalue weighted by molar-refractivity contribution is 5.91. The number of methoxy groups -OCH3 is 1. The Morgan fingerprint density at radius 1 is 1.29 bits per heavy atom. The van der Waals surface area contributed by atoms with Crippen molar-refractivity contribution in [2.75, 3.05) is 7.11 Å². The summed E-state index contributed by atoms with van der Waals surface area (Å²) in [6, 6.07) is 10.1. The zero-order valence-electron chi connectivity index (χ0n) is 9.99. The van der Waals surface area contributed by atoms with E-state index in [0.717, 1.165) is 17.7 Å². The maximum Gasteiger partial charge on any atom is 0.339 e. The van der Waals surface area contributed by atoms with Crippen LogP contribution in [0.15, 0.2) is 36.5 Å². The van der Waals surface area contributed by atoms with Gasteiger partial charge in [-0.3, -0.25) is 0 Å². The molecule has 0 atom stereocenters. The first-order valence-electron chi connectivity index (χ1n) is 5.51. The molecule has 1 heterocycles. The van der Waals surface area contributed by atoms with Crippen LogP contribution in [0.1, 0.15) is 27.2 Å². The molecule has 0 bridgehead atoms. The van der Waals surface area contributed by atoms with E-state index in [-0.39, 0.29) is 5.97 Å². The number of rotatable bonds is 3. The molecule has 0 spiro atoms. The summed E-state index contributed by atoms with van der Waals surface area (Å²) in [5, 5.41) is 0. The molecule has 0 fully saturated rings. The van der Waals surface area contributed by atoms with Crippen molar-refractivity contribution in [1.82, 2.24) is 4.98 Å². The van der Waals surface area contributed by atoms with E-state index in [1.807, 2.05) is 25.1 Å². The minimum Gasteiger partial charge on any atom is -0.465 e. The Labute approximate surface area is 100 Å². The molecular formula is C14H15NO2. The third kappa shape index (κ3) is 2.38. The number of ether oxygens (including phenoxy) is 1. The third-order valence-electron chi connectivity index (χ3n) is 2.88. The van der Waals surface area contributed by atoms with Gasteiger partial charge < -0.3 is 9.72 Å². The lowest BCUT2D eigenvalue weighted by Crippen LogP contribution is -2.01. The zero-order chi connectivity index (χ0) is 12.3. The second-order valence-electron chi connectivity index (χ2n) is 3.96. The lowest BCUT2D eigenvalue weighted by molar-refractivity contribution is 0.0600. The Morgan fingerprint density at radius 2 is 2.00 bits per heavy atom. The highest BCUT2D eigenvalue weighted by atomic mass is 16.5. The van der Waals surface area contributed by atoms with E-state index in [0.29, 0.717) is 5.56 Å². The Morgan fingerprint density at radius 3 is 2.65 bits per heavy atom. The zero-order valence-corrected chi connectivity index (χ0v) is 9.99. The predicted octanol–water partition coefficient (Wildman–Crippen LogP) is 2.70. The van der Waals surface area contributed by atoms with E-state index in [1.54, 1.807) is 6.20 Å². The highest BCUT2D eigenvalue weighted by Crippen LogP contribution is 2.17. The average Bonchev–Trinajstić information content (AvgIpc) is 2.72. The first kappa shape index (κ1) is 11.5. The minimum absolute atomic E-state index is 0.293. The number of hydrogen-bond acceptors (Lipinski definition) is 2. The average molecular weight is 229 g/mol. The molecule has 0 amide bonds. The summed E-state index contributed by atoms with van der Waals surface area (Å²) in [4.78, 5) is 14.6. The number of esters is 1. The summed E-state index contributed by atoms with van der Waals surface area (Å²) in [6.45, 7) is 1.93. The summed E-state index contributed by atoms with van der Waals surface area (Å²) < 4.78 is 4.72. The van der Waals surface area contributed by atoms with Gasteiger partial charge in [-0.15, -0.1) is 0 Å². The SMILES string of the molecule is COC(=O)c1c[nH]c(Cc2ccccc2)c1C. The molecule has 0 saturated heterocycles. The molecule has 17 heavy (non-hydrogen) atoms. The first-order chi connectivity index (χ1) is 8.22. The fourth-order valence-electron chi connectivity index (χ4n) is 1.84. The van der Waals surface area contributed by atoms with Gasteiger partial charge in [0, 0.05) is 18.3 Å². The van der Waals surface area contributed by atoms with Gasteiger partial charge in [-0.25, -0.2) is 4.79 Å². The number of carbonyl (C=O) groups is 1. The van der Waals surface area contributed by atoms with Gasteiger partial charge in [-0.1, -0.05) is 30.3 Å². The number of benzene rings is 1. The molecule has 0 saturated carbocycles. The second kappa shape index (κ2) is 4.87. The van der Waals surface area contributed by atoms with Crippen LogP contribution in [0.25, 0.3) is 0 Å². The first-order valence-corrected chi connectivity index (χ1v) is 5.51. The molecule has 0 aliphatic heterocycles. The summed E-state index contributed by atoms with van der Waals surface area (Å²) in [7, 11) is 1.39. The van der Waals surface area contributed by atoms with E-state index in [1.165, 1.54) is 12.7 Å². The fourth-order valence-corrected chi connectivity index (χ4v) is 1.84. The van der Waals surface area contributed by atoms with Crippen molar-refractivity contribution in [1.29, 1.82) is 0 Å². The van der Waals surface area contributed by atoms with Crippen LogP contribution >= 0.6 is 0 Å². The van der Waals surface area contributed by atoms with Crippen LogP contribution in [0.3, 0.4) is 0 Å². The lowest BCUT2D eigenvalue weighted by Gasteiger charge is -2.02. The van der Waals surface area contributed by atoms with Crippen molar-refractivity contribution >= 4 is 5.97 Å². The molecule has 88 valence electrons. The van der Waals surface area contributed by atoms with Crippen molar-refractivity contribution in [3.63, 3.8) is 0 Å². The van der Waals surface area contributed by atoms with Crippen molar-refractivity contribution in [2.24, 2.45) is 0 Å². The highest BCUT2D eigenvalue weighted by Gasteiger charge is 2.14. The van der Waals surface area contributed by atoms with Crippen LogP contribution in [-0.4, -0.2) is 18.1 Å². The van der Waals surface area contributed by atoms with E-state index in [4.69, 9.17) is 4.74 Å².